The number of rotatable bonds is 5. The lowest BCUT2D eigenvalue weighted by atomic mass is 9.73. The van der Waals surface area contributed by atoms with Crippen LogP contribution < -0.4 is 0 Å². The number of allylic oxidation sites excluding steroid dienone is 2. The predicted molar refractivity (Wildman–Crippen MR) is 81.4 cm³/mol. The van der Waals surface area contributed by atoms with Gasteiger partial charge in [0.05, 0.1) is 12.0 Å². The first-order valence-electron chi connectivity index (χ1n) is 7.06. The van der Waals surface area contributed by atoms with Gasteiger partial charge in [-0.3, -0.25) is 9.69 Å². The summed E-state index contributed by atoms with van der Waals surface area (Å²) in [6, 6.07) is -1.29. The van der Waals surface area contributed by atoms with Crippen LogP contribution in [0.3, 0.4) is 0 Å². The molecule has 22 heavy (non-hydrogen) atoms. The second kappa shape index (κ2) is 6.34. The maximum absolute atomic E-state index is 12.5. The number of hydrogen-bond acceptors (Lipinski definition) is 4. The Bertz CT molecular complexity index is 493. The highest BCUT2D eigenvalue weighted by Gasteiger charge is 2.58. The molecule has 1 fully saturated rings. The summed E-state index contributed by atoms with van der Waals surface area (Å²) in [5.74, 6) is -1.55. The number of amides is 1. The first-order valence-corrected chi connectivity index (χ1v) is 7.06. The van der Waals surface area contributed by atoms with Gasteiger partial charge in [-0.15, -0.1) is 13.2 Å². The highest BCUT2D eigenvalue weighted by molar-refractivity contribution is 6.00. The van der Waals surface area contributed by atoms with Crippen LogP contribution in [-0.4, -0.2) is 46.0 Å². The zero-order valence-corrected chi connectivity index (χ0v) is 13.3. The lowest BCUT2D eigenvalue weighted by Crippen LogP contribution is -2.50. The van der Waals surface area contributed by atoms with Crippen LogP contribution in [0.4, 0.5) is 4.79 Å². The van der Waals surface area contributed by atoms with Crippen molar-refractivity contribution in [3.05, 3.63) is 25.3 Å². The van der Waals surface area contributed by atoms with E-state index in [-0.39, 0.29) is 25.2 Å². The molecule has 1 aliphatic rings. The van der Waals surface area contributed by atoms with E-state index in [1.165, 1.54) is 12.2 Å². The number of carbonyl (C=O) groups excluding carboxylic acids is 2. The standard InChI is InChI=1S/C16H23NO5/c1-6-8-16(9-7-2)11(18)10-17(12(16)13(19)20)14(21)22-15(3,4)5/h6-7,12H,1-2,8-10H2,3-5H3,(H,19,20)/t12-/m1/s1. The molecule has 0 spiro atoms. The topological polar surface area (TPSA) is 83.9 Å². The van der Waals surface area contributed by atoms with Crippen LogP contribution in [0.5, 0.6) is 0 Å². The summed E-state index contributed by atoms with van der Waals surface area (Å²) < 4.78 is 5.22. The highest BCUT2D eigenvalue weighted by Crippen LogP contribution is 2.42. The van der Waals surface area contributed by atoms with Crippen LogP contribution in [-0.2, 0) is 14.3 Å². The van der Waals surface area contributed by atoms with Crippen molar-refractivity contribution in [1.29, 1.82) is 0 Å². The fourth-order valence-electron chi connectivity index (χ4n) is 2.76. The first kappa shape index (κ1) is 17.9. The van der Waals surface area contributed by atoms with Crippen LogP contribution in [0.25, 0.3) is 0 Å². The van der Waals surface area contributed by atoms with Gasteiger partial charge in [0.25, 0.3) is 0 Å². The van der Waals surface area contributed by atoms with E-state index >= 15 is 0 Å². The number of Topliss-reactive ketones (excluding diaryl/α,β-unsaturated/α-hetero) is 1. The Morgan fingerprint density at radius 1 is 1.36 bits per heavy atom. The number of carboxylic acids is 1. The fraction of sp³-hybridized carbons (Fsp3) is 0.562. The Kier molecular flexibility index (Phi) is 5.17. The summed E-state index contributed by atoms with van der Waals surface area (Å²) in [5, 5.41) is 9.57. The second-order valence-corrected chi connectivity index (χ2v) is 6.41. The normalized spacial score (nSPS) is 20.6. The van der Waals surface area contributed by atoms with Gasteiger partial charge in [-0.25, -0.2) is 9.59 Å². The van der Waals surface area contributed by atoms with Gasteiger partial charge in [-0.05, 0) is 33.6 Å². The molecule has 1 heterocycles. The average molecular weight is 309 g/mol. The van der Waals surface area contributed by atoms with E-state index in [4.69, 9.17) is 4.74 Å². The number of hydrogen-bond donors (Lipinski definition) is 1. The maximum Gasteiger partial charge on any atom is 0.411 e. The number of carbonyl (C=O) groups is 3. The van der Waals surface area contributed by atoms with Gasteiger partial charge in [-0.1, -0.05) is 12.2 Å². The van der Waals surface area contributed by atoms with Crippen molar-refractivity contribution in [2.45, 2.75) is 45.3 Å². The number of ketones is 1. The molecule has 1 rings (SSSR count). The molecule has 6 heteroatoms. The third kappa shape index (κ3) is 3.37. The Balaban J connectivity index is 3.24. The van der Waals surface area contributed by atoms with Crippen molar-refractivity contribution in [1.82, 2.24) is 4.90 Å². The molecule has 0 aromatic rings. The summed E-state index contributed by atoms with van der Waals surface area (Å²) in [5.41, 5.74) is -2.00. The van der Waals surface area contributed by atoms with Gasteiger partial charge in [0.15, 0.2) is 5.78 Å². The molecule has 1 N–H and O–H groups in total. The molecule has 1 amide bonds. The van der Waals surface area contributed by atoms with Crippen molar-refractivity contribution in [3.63, 3.8) is 0 Å². The van der Waals surface area contributed by atoms with Gasteiger partial charge < -0.3 is 9.84 Å². The van der Waals surface area contributed by atoms with Crippen molar-refractivity contribution in [2.24, 2.45) is 5.41 Å². The molecule has 1 atom stereocenters. The van der Waals surface area contributed by atoms with Gasteiger partial charge in [0, 0.05) is 0 Å². The van der Waals surface area contributed by atoms with Crippen LogP contribution in [0.15, 0.2) is 25.3 Å². The van der Waals surface area contributed by atoms with E-state index in [0.717, 1.165) is 4.90 Å². The molecule has 0 aliphatic carbocycles. The minimum atomic E-state index is -1.29. The van der Waals surface area contributed by atoms with Crippen molar-refractivity contribution >= 4 is 17.8 Å². The highest BCUT2D eigenvalue weighted by atomic mass is 16.6. The molecular formula is C16H23NO5. The zero-order chi connectivity index (χ0) is 17.1. The molecule has 6 nitrogen and oxygen atoms in total. The summed E-state index contributed by atoms with van der Waals surface area (Å²) in [4.78, 5) is 37.4. The average Bonchev–Trinajstić information content (AvgIpc) is 2.62. The predicted octanol–water partition coefficient (Wildman–Crippen LogP) is 2.40. The molecule has 1 saturated heterocycles. The molecule has 122 valence electrons. The minimum Gasteiger partial charge on any atom is -0.480 e. The summed E-state index contributed by atoms with van der Waals surface area (Å²) in [7, 11) is 0. The lowest BCUT2D eigenvalue weighted by molar-refractivity contribution is -0.147. The molecule has 0 aromatic heterocycles. The Labute approximate surface area is 130 Å². The van der Waals surface area contributed by atoms with Crippen molar-refractivity contribution < 1.29 is 24.2 Å². The SMILES string of the molecule is C=CCC1(CC=C)C(=O)CN(C(=O)OC(C)(C)C)[C@@H]1C(=O)O. The van der Waals surface area contributed by atoms with Gasteiger partial charge >= 0.3 is 12.1 Å². The van der Waals surface area contributed by atoms with E-state index in [9.17, 15) is 19.5 Å². The maximum atomic E-state index is 12.5. The van der Waals surface area contributed by atoms with Crippen molar-refractivity contribution in [2.75, 3.05) is 6.54 Å². The monoisotopic (exact) mass is 309 g/mol. The molecule has 0 unspecified atom stereocenters. The number of likely N-dealkylation sites (tertiary alicyclic amines) is 1. The Morgan fingerprint density at radius 2 is 1.86 bits per heavy atom. The molecule has 0 bridgehead atoms. The van der Waals surface area contributed by atoms with E-state index in [1.807, 2.05) is 0 Å². The molecule has 1 aliphatic heterocycles. The molecule has 0 aromatic carbocycles. The molecule has 0 radical (unpaired) electrons. The first-order chi connectivity index (χ1) is 10.1. The number of ether oxygens (including phenoxy) is 1. The third-order valence-corrected chi connectivity index (χ3v) is 3.58. The van der Waals surface area contributed by atoms with Gasteiger partial charge in [0.2, 0.25) is 0 Å². The van der Waals surface area contributed by atoms with Crippen LogP contribution >= 0.6 is 0 Å². The second-order valence-electron chi connectivity index (χ2n) is 6.41. The largest absolute Gasteiger partial charge is 0.480 e. The Morgan fingerprint density at radius 3 is 2.23 bits per heavy atom. The van der Waals surface area contributed by atoms with E-state index in [0.29, 0.717) is 0 Å². The van der Waals surface area contributed by atoms with Crippen molar-refractivity contribution in [3.8, 4) is 0 Å². The summed E-state index contributed by atoms with van der Waals surface area (Å²) in [6.07, 6.45) is 2.51. The number of aliphatic carboxylic acids is 1. The van der Waals surface area contributed by atoms with Crippen LogP contribution in [0.1, 0.15) is 33.6 Å². The zero-order valence-electron chi connectivity index (χ0n) is 13.3. The fourth-order valence-corrected chi connectivity index (χ4v) is 2.76. The Hall–Kier alpha value is -2.11. The van der Waals surface area contributed by atoms with Gasteiger partial charge in [-0.2, -0.15) is 0 Å². The van der Waals surface area contributed by atoms with Crippen LogP contribution in [0.2, 0.25) is 0 Å². The summed E-state index contributed by atoms with van der Waals surface area (Å²) in [6.45, 7) is 11.9. The quantitative estimate of drug-likeness (QED) is 0.788. The number of nitrogens with zero attached hydrogens (tertiary/aromatic N) is 1. The van der Waals surface area contributed by atoms with E-state index in [1.54, 1.807) is 20.8 Å². The minimum absolute atomic E-state index is 0.161. The van der Waals surface area contributed by atoms with Gasteiger partial charge in [0.1, 0.15) is 11.6 Å². The molecular weight excluding hydrogens is 286 g/mol. The summed E-state index contributed by atoms with van der Waals surface area (Å²) >= 11 is 0. The van der Waals surface area contributed by atoms with Crippen LogP contribution in [0, 0.1) is 5.41 Å². The number of carboxylic acid groups (broad SMARTS) is 1. The lowest BCUT2D eigenvalue weighted by Gasteiger charge is -2.33. The smallest absolute Gasteiger partial charge is 0.411 e. The molecule has 0 saturated carbocycles. The van der Waals surface area contributed by atoms with E-state index < -0.39 is 29.1 Å². The third-order valence-electron chi connectivity index (χ3n) is 3.58. The van der Waals surface area contributed by atoms with E-state index in [2.05, 4.69) is 13.2 Å².